The molecule has 0 radical (unpaired) electrons. The van der Waals surface area contributed by atoms with Crippen LogP contribution in [0.1, 0.15) is 6.92 Å². The van der Waals surface area contributed by atoms with Crippen molar-refractivity contribution in [1.29, 1.82) is 0 Å². The highest BCUT2D eigenvalue weighted by atomic mass is 32.2. The molecule has 0 spiro atoms. The van der Waals surface area contributed by atoms with Crippen LogP contribution in [0.4, 0.5) is 11.4 Å². The minimum absolute atomic E-state index is 0.0890. The highest BCUT2D eigenvalue weighted by Crippen LogP contribution is 2.34. The maximum atomic E-state index is 12.2. The Hall–Kier alpha value is -3.27. The zero-order chi connectivity index (χ0) is 20.1. The molecule has 1 atom stereocenters. The standard InChI is InChI=1S/C18H16N2O7S/c1-11(18(22)19-12-6-7-14-15(8-12)26-10-25-14)27-17(21)9-28-16-5-3-2-4-13(16)20(23)24/h2-8,11H,9-10H2,1H3,(H,19,22)/t11-/m0/s1. The fourth-order valence-electron chi connectivity index (χ4n) is 2.37. The number of hydrogen-bond donors (Lipinski definition) is 1. The zero-order valence-corrected chi connectivity index (χ0v) is 15.6. The van der Waals surface area contributed by atoms with Gasteiger partial charge in [0.15, 0.2) is 17.6 Å². The Morgan fingerprint density at radius 1 is 1.25 bits per heavy atom. The van der Waals surface area contributed by atoms with Crippen molar-refractivity contribution >= 4 is 35.0 Å². The smallest absolute Gasteiger partial charge is 0.317 e. The summed E-state index contributed by atoms with van der Waals surface area (Å²) >= 11 is 0.976. The van der Waals surface area contributed by atoms with Crippen molar-refractivity contribution in [2.75, 3.05) is 17.9 Å². The molecule has 0 unspecified atom stereocenters. The largest absolute Gasteiger partial charge is 0.454 e. The second kappa shape index (κ2) is 8.61. The van der Waals surface area contributed by atoms with Gasteiger partial charge in [0, 0.05) is 17.8 Å². The summed E-state index contributed by atoms with van der Waals surface area (Å²) in [6.45, 7) is 1.56. The minimum Gasteiger partial charge on any atom is -0.454 e. The molecule has 9 nitrogen and oxygen atoms in total. The molecule has 10 heteroatoms. The van der Waals surface area contributed by atoms with Crippen LogP contribution in [0.5, 0.6) is 11.5 Å². The number of fused-ring (bicyclic) bond motifs is 1. The summed E-state index contributed by atoms with van der Waals surface area (Å²) in [5.41, 5.74) is 0.389. The molecular formula is C18H16N2O7S. The molecule has 1 heterocycles. The number of nitrogens with zero attached hydrogens (tertiary/aromatic N) is 1. The van der Waals surface area contributed by atoms with Gasteiger partial charge in [0.1, 0.15) is 0 Å². The Labute approximate surface area is 164 Å². The summed E-state index contributed by atoms with van der Waals surface area (Å²) in [5.74, 6) is -0.223. The van der Waals surface area contributed by atoms with E-state index in [1.165, 1.54) is 13.0 Å². The van der Waals surface area contributed by atoms with Crippen LogP contribution in [0.15, 0.2) is 47.4 Å². The maximum Gasteiger partial charge on any atom is 0.317 e. The van der Waals surface area contributed by atoms with Gasteiger partial charge in [-0.3, -0.25) is 19.7 Å². The Morgan fingerprint density at radius 2 is 2.00 bits per heavy atom. The Balaban J connectivity index is 1.51. The van der Waals surface area contributed by atoms with E-state index in [-0.39, 0.29) is 18.2 Å². The van der Waals surface area contributed by atoms with E-state index in [1.54, 1.807) is 36.4 Å². The summed E-state index contributed by atoms with van der Waals surface area (Å²) in [6, 6.07) is 11.0. The van der Waals surface area contributed by atoms with Crippen LogP contribution in [-0.2, 0) is 14.3 Å². The maximum absolute atomic E-state index is 12.2. The van der Waals surface area contributed by atoms with E-state index in [9.17, 15) is 19.7 Å². The van der Waals surface area contributed by atoms with Crippen LogP contribution in [0.2, 0.25) is 0 Å². The summed E-state index contributed by atoms with van der Waals surface area (Å²) in [4.78, 5) is 35.0. The number of anilines is 1. The molecule has 1 aliphatic heterocycles. The van der Waals surface area contributed by atoms with Gasteiger partial charge in [0.25, 0.3) is 11.6 Å². The lowest BCUT2D eigenvalue weighted by Crippen LogP contribution is -2.30. The number of thioether (sulfide) groups is 1. The molecule has 0 saturated carbocycles. The van der Waals surface area contributed by atoms with Crippen LogP contribution in [0.25, 0.3) is 0 Å². The van der Waals surface area contributed by atoms with Crippen LogP contribution in [0, 0.1) is 10.1 Å². The van der Waals surface area contributed by atoms with Crippen molar-refractivity contribution in [3.8, 4) is 11.5 Å². The van der Waals surface area contributed by atoms with Crippen LogP contribution >= 0.6 is 11.8 Å². The fourth-order valence-corrected chi connectivity index (χ4v) is 3.18. The quantitative estimate of drug-likeness (QED) is 0.324. The van der Waals surface area contributed by atoms with Crippen molar-refractivity contribution < 1.29 is 28.7 Å². The third kappa shape index (κ3) is 4.71. The van der Waals surface area contributed by atoms with Gasteiger partial charge < -0.3 is 19.5 Å². The lowest BCUT2D eigenvalue weighted by molar-refractivity contribution is -0.387. The first-order valence-corrected chi connectivity index (χ1v) is 9.19. The predicted octanol–water partition coefficient (Wildman–Crippen LogP) is 2.99. The van der Waals surface area contributed by atoms with E-state index in [2.05, 4.69) is 5.32 Å². The summed E-state index contributed by atoms with van der Waals surface area (Å²) in [7, 11) is 0. The average molecular weight is 404 g/mol. The first kappa shape index (κ1) is 19.5. The SMILES string of the molecule is C[C@H](OC(=O)CSc1ccccc1[N+](=O)[O-])C(=O)Nc1ccc2c(c1)OCO2. The lowest BCUT2D eigenvalue weighted by Gasteiger charge is -2.13. The van der Waals surface area contributed by atoms with Crippen LogP contribution in [-0.4, -0.2) is 35.4 Å². The van der Waals surface area contributed by atoms with E-state index in [0.29, 0.717) is 22.1 Å². The predicted molar refractivity (Wildman–Crippen MR) is 101 cm³/mol. The van der Waals surface area contributed by atoms with E-state index in [1.807, 2.05) is 0 Å². The second-order valence-corrected chi connectivity index (χ2v) is 6.72. The van der Waals surface area contributed by atoms with Gasteiger partial charge in [-0.1, -0.05) is 12.1 Å². The topological polar surface area (TPSA) is 117 Å². The Kier molecular flexibility index (Phi) is 5.99. The number of carbonyl (C=O) groups is 2. The number of nitro groups is 1. The molecule has 0 aliphatic carbocycles. The van der Waals surface area contributed by atoms with Crippen molar-refractivity contribution in [1.82, 2.24) is 0 Å². The van der Waals surface area contributed by atoms with Crippen molar-refractivity contribution in [3.63, 3.8) is 0 Å². The summed E-state index contributed by atoms with van der Waals surface area (Å²) < 4.78 is 15.5. The van der Waals surface area contributed by atoms with E-state index in [0.717, 1.165) is 11.8 Å². The summed E-state index contributed by atoms with van der Waals surface area (Å²) in [5, 5.41) is 13.6. The molecule has 0 fully saturated rings. The molecule has 0 bridgehead atoms. The molecule has 3 rings (SSSR count). The zero-order valence-electron chi connectivity index (χ0n) is 14.7. The van der Waals surface area contributed by atoms with Gasteiger partial charge in [-0.25, -0.2) is 0 Å². The number of esters is 1. The molecule has 0 saturated heterocycles. The monoisotopic (exact) mass is 404 g/mol. The third-order valence-corrected chi connectivity index (χ3v) is 4.76. The van der Waals surface area contributed by atoms with Gasteiger partial charge in [0.05, 0.1) is 15.6 Å². The van der Waals surface area contributed by atoms with Gasteiger partial charge in [-0.2, -0.15) is 0 Å². The molecule has 2 aromatic carbocycles. The minimum atomic E-state index is -1.04. The molecule has 1 aliphatic rings. The number of carbonyl (C=O) groups excluding carboxylic acids is 2. The first-order chi connectivity index (χ1) is 13.4. The van der Waals surface area contributed by atoms with Gasteiger partial charge in [-0.05, 0) is 25.1 Å². The molecule has 1 amide bonds. The number of benzene rings is 2. The molecule has 2 aromatic rings. The Morgan fingerprint density at radius 3 is 2.79 bits per heavy atom. The molecule has 1 N–H and O–H groups in total. The van der Waals surface area contributed by atoms with Crippen molar-refractivity contribution in [3.05, 3.63) is 52.6 Å². The number of nitrogens with one attached hydrogen (secondary N) is 1. The Bertz CT molecular complexity index is 919. The number of hydrogen-bond acceptors (Lipinski definition) is 8. The van der Waals surface area contributed by atoms with E-state index < -0.39 is 22.9 Å². The van der Waals surface area contributed by atoms with Crippen LogP contribution < -0.4 is 14.8 Å². The van der Waals surface area contributed by atoms with Gasteiger partial charge >= 0.3 is 5.97 Å². The number of para-hydroxylation sites is 1. The van der Waals surface area contributed by atoms with E-state index >= 15 is 0 Å². The van der Waals surface area contributed by atoms with Crippen molar-refractivity contribution in [2.24, 2.45) is 0 Å². The fraction of sp³-hybridized carbons (Fsp3) is 0.222. The number of rotatable bonds is 7. The normalized spacial score (nSPS) is 12.9. The highest BCUT2D eigenvalue weighted by Gasteiger charge is 2.21. The first-order valence-electron chi connectivity index (χ1n) is 8.20. The molecule has 146 valence electrons. The third-order valence-electron chi connectivity index (χ3n) is 3.73. The number of nitro benzene ring substituents is 1. The van der Waals surface area contributed by atoms with Gasteiger partial charge in [-0.15, -0.1) is 11.8 Å². The van der Waals surface area contributed by atoms with Gasteiger partial charge in [0.2, 0.25) is 6.79 Å². The summed E-state index contributed by atoms with van der Waals surface area (Å²) in [6.07, 6.45) is -1.04. The molecule has 0 aromatic heterocycles. The molecular weight excluding hydrogens is 388 g/mol. The number of amides is 1. The van der Waals surface area contributed by atoms with E-state index in [4.69, 9.17) is 14.2 Å². The highest BCUT2D eigenvalue weighted by molar-refractivity contribution is 8.00. The van der Waals surface area contributed by atoms with Crippen LogP contribution in [0.3, 0.4) is 0 Å². The average Bonchev–Trinajstić information content (AvgIpc) is 3.14. The molecule has 28 heavy (non-hydrogen) atoms. The van der Waals surface area contributed by atoms with Crippen molar-refractivity contribution in [2.45, 2.75) is 17.9 Å². The lowest BCUT2D eigenvalue weighted by atomic mass is 10.2. The number of ether oxygens (including phenoxy) is 3. The second-order valence-electron chi connectivity index (χ2n) is 5.70.